The Hall–Kier alpha value is -0.410. The first-order valence-corrected chi connectivity index (χ1v) is 7.01. The Bertz CT molecular complexity index is 232. The van der Waals surface area contributed by atoms with Gasteiger partial charge in [-0.1, -0.05) is 27.7 Å². The summed E-state index contributed by atoms with van der Waals surface area (Å²) in [5, 5.41) is 6.81. The Morgan fingerprint density at radius 2 is 1.82 bits per heavy atom. The molecule has 0 spiro atoms. The maximum absolute atomic E-state index is 12.2. The standard InChI is InChI=1S/C14H28N2O/c1-10(2)14(17)13(16-11(3)4)9-12-5-7-15-8-6-12/h10-13,15-16H,5-9H2,1-4H3. The van der Waals surface area contributed by atoms with Crippen LogP contribution < -0.4 is 10.6 Å². The van der Waals surface area contributed by atoms with Crippen molar-refractivity contribution < 1.29 is 4.79 Å². The number of hydrogen-bond acceptors (Lipinski definition) is 3. The molecule has 0 saturated carbocycles. The molecule has 3 nitrogen and oxygen atoms in total. The van der Waals surface area contributed by atoms with Crippen molar-refractivity contribution in [3.8, 4) is 0 Å². The minimum atomic E-state index is 0.0538. The summed E-state index contributed by atoms with van der Waals surface area (Å²) in [5.41, 5.74) is 0. The lowest BCUT2D eigenvalue weighted by Gasteiger charge is -2.29. The highest BCUT2D eigenvalue weighted by Crippen LogP contribution is 2.20. The molecule has 2 N–H and O–H groups in total. The largest absolute Gasteiger partial charge is 0.317 e. The average molecular weight is 240 g/mol. The third-order valence-corrected chi connectivity index (χ3v) is 3.47. The zero-order valence-electron chi connectivity index (χ0n) is 11.8. The van der Waals surface area contributed by atoms with Gasteiger partial charge in [0.15, 0.2) is 5.78 Å². The first-order chi connectivity index (χ1) is 8.00. The second kappa shape index (κ2) is 7.12. The van der Waals surface area contributed by atoms with Gasteiger partial charge < -0.3 is 10.6 Å². The molecule has 1 aliphatic rings. The zero-order chi connectivity index (χ0) is 12.8. The van der Waals surface area contributed by atoms with Gasteiger partial charge in [-0.25, -0.2) is 0 Å². The van der Waals surface area contributed by atoms with E-state index >= 15 is 0 Å². The molecule has 1 unspecified atom stereocenters. The van der Waals surface area contributed by atoms with Crippen molar-refractivity contribution in [2.45, 2.75) is 59.0 Å². The molecule has 0 aromatic rings. The fourth-order valence-electron chi connectivity index (χ4n) is 2.52. The molecule has 1 aliphatic heterocycles. The highest BCUT2D eigenvalue weighted by Gasteiger charge is 2.25. The molecule has 0 radical (unpaired) electrons. The van der Waals surface area contributed by atoms with Crippen LogP contribution in [0.2, 0.25) is 0 Å². The average Bonchev–Trinajstić information content (AvgIpc) is 2.28. The maximum Gasteiger partial charge on any atom is 0.152 e. The van der Waals surface area contributed by atoms with Gasteiger partial charge in [-0.15, -0.1) is 0 Å². The predicted octanol–water partition coefficient (Wildman–Crippen LogP) is 1.97. The summed E-state index contributed by atoms with van der Waals surface area (Å²) in [5.74, 6) is 1.21. The van der Waals surface area contributed by atoms with E-state index < -0.39 is 0 Å². The number of carbonyl (C=O) groups is 1. The van der Waals surface area contributed by atoms with E-state index in [1.165, 1.54) is 12.8 Å². The van der Waals surface area contributed by atoms with Crippen LogP contribution in [-0.4, -0.2) is 31.0 Å². The van der Waals surface area contributed by atoms with Gasteiger partial charge in [0, 0.05) is 12.0 Å². The van der Waals surface area contributed by atoms with Gasteiger partial charge in [-0.05, 0) is 38.3 Å². The molecule has 0 aliphatic carbocycles. The van der Waals surface area contributed by atoms with Crippen LogP contribution in [0.4, 0.5) is 0 Å². The van der Waals surface area contributed by atoms with E-state index in [1.807, 2.05) is 13.8 Å². The molecule has 100 valence electrons. The van der Waals surface area contributed by atoms with Crippen molar-refractivity contribution in [1.29, 1.82) is 0 Å². The first kappa shape index (κ1) is 14.7. The molecule has 17 heavy (non-hydrogen) atoms. The van der Waals surface area contributed by atoms with Gasteiger partial charge >= 0.3 is 0 Å². The molecule has 0 amide bonds. The predicted molar refractivity (Wildman–Crippen MR) is 72.1 cm³/mol. The lowest BCUT2D eigenvalue weighted by molar-refractivity contribution is -0.124. The number of ketones is 1. The fraction of sp³-hybridized carbons (Fsp3) is 0.929. The topological polar surface area (TPSA) is 41.1 Å². The quantitative estimate of drug-likeness (QED) is 0.746. The van der Waals surface area contributed by atoms with Gasteiger partial charge in [0.1, 0.15) is 0 Å². The van der Waals surface area contributed by atoms with Gasteiger partial charge in [-0.2, -0.15) is 0 Å². The van der Waals surface area contributed by atoms with Crippen LogP contribution in [0.25, 0.3) is 0 Å². The summed E-state index contributed by atoms with van der Waals surface area (Å²) in [6, 6.07) is 0.433. The third-order valence-electron chi connectivity index (χ3n) is 3.47. The van der Waals surface area contributed by atoms with E-state index in [0.717, 1.165) is 19.5 Å². The summed E-state index contributed by atoms with van der Waals surface area (Å²) in [7, 11) is 0. The number of carbonyl (C=O) groups excluding carboxylic acids is 1. The number of hydrogen-bond donors (Lipinski definition) is 2. The van der Waals surface area contributed by atoms with E-state index in [4.69, 9.17) is 0 Å². The molecule has 3 heteroatoms. The molecule has 0 bridgehead atoms. The maximum atomic E-state index is 12.2. The Balaban J connectivity index is 2.52. The number of nitrogens with one attached hydrogen (secondary N) is 2. The van der Waals surface area contributed by atoms with Crippen LogP contribution in [0.15, 0.2) is 0 Å². The van der Waals surface area contributed by atoms with Crippen LogP contribution >= 0.6 is 0 Å². The van der Waals surface area contributed by atoms with Crippen LogP contribution in [0.5, 0.6) is 0 Å². The Labute approximate surface area is 106 Å². The van der Waals surface area contributed by atoms with Crippen molar-refractivity contribution in [2.75, 3.05) is 13.1 Å². The molecule has 0 aromatic carbocycles. The lowest BCUT2D eigenvalue weighted by atomic mass is 9.87. The molecule has 1 atom stereocenters. The van der Waals surface area contributed by atoms with Crippen LogP contribution in [0.3, 0.4) is 0 Å². The number of piperidine rings is 1. The summed E-state index contributed by atoms with van der Waals surface area (Å²) >= 11 is 0. The van der Waals surface area contributed by atoms with E-state index in [-0.39, 0.29) is 12.0 Å². The van der Waals surface area contributed by atoms with Crippen LogP contribution in [0, 0.1) is 11.8 Å². The summed E-state index contributed by atoms with van der Waals surface area (Å²) in [4.78, 5) is 12.2. The minimum absolute atomic E-state index is 0.0538. The number of Topliss-reactive ketones (excluding diaryl/α,β-unsaturated/α-hetero) is 1. The summed E-state index contributed by atoms with van der Waals surface area (Å²) < 4.78 is 0. The van der Waals surface area contributed by atoms with Gasteiger partial charge in [0.05, 0.1) is 6.04 Å². The summed E-state index contributed by atoms with van der Waals surface area (Å²) in [6.07, 6.45) is 3.43. The monoisotopic (exact) mass is 240 g/mol. The van der Waals surface area contributed by atoms with E-state index in [1.54, 1.807) is 0 Å². The van der Waals surface area contributed by atoms with Gasteiger partial charge in [0.25, 0.3) is 0 Å². The Morgan fingerprint density at radius 1 is 1.24 bits per heavy atom. The first-order valence-electron chi connectivity index (χ1n) is 7.01. The molecular weight excluding hydrogens is 212 g/mol. The van der Waals surface area contributed by atoms with Gasteiger partial charge in [0.2, 0.25) is 0 Å². The van der Waals surface area contributed by atoms with Crippen molar-refractivity contribution in [2.24, 2.45) is 11.8 Å². The van der Waals surface area contributed by atoms with Crippen molar-refractivity contribution >= 4 is 5.78 Å². The molecule has 1 fully saturated rings. The zero-order valence-corrected chi connectivity index (χ0v) is 11.8. The fourth-order valence-corrected chi connectivity index (χ4v) is 2.52. The summed E-state index contributed by atoms with van der Waals surface area (Å²) in [6.45, 7) is 10.4. The SMILES string of the molecule is CC(C)NC(CC1CCNCC1)C(=O)C(C)C. The second-order valence-electron chi connectivity index (χ2n) is 5.86. The molecule has 0 aromatic heterocycles. The van der Waals surface area contributed by atoms with Crippen molar-refractivity contribution in [3.63, 3.8) is 0 Å². The Morgan fingerprint density at radius 3 is 2.29 bits per heavy atom. The molecule has 1 rings (SSSR count). The number of rotatable bonds is 6. The van der Waals surface area contributed by atoms with Crippen molar-refractivity contribution in [3.05, 3.63) is 0 Å². The lowest BCUT2D eigenvalue weighted by Crippen LogP contribution is -2.45. The molecule has 1 saturated heterocycles. The third kappa shape index (κ3) is 5.17. The molecular formula is C14H28N2O. The van der Waals surface area contributed by atoms with Crippen LogP contribution in [-0.2, 0) is 4.79 Å². The smallest absolute Gasteiger partial charge is 0.152 e. The van der Waals surface area contributed by atoms with Gasteiger partial charge in [-0.3, -0.25) is 4.79 Å². The van der Waals surface area contributed by atoms with Crippen molar-refractivity contribution in [1.82, 2.24) is 10.6 Å². The van der Waals surface area contributed by atoms with E-state index in [2.05, 4.69) is 24.5 Å². The van der Waals surface area contributed by atoms with Crippen LogP contribution in [0.1, 0.15) is 47.0 Å². The Kier molecular flexibility index (Phi) is 6.14. The highest BCUT2D eigenvalue weighted by molar-refractivity contribution is 5.85. The van der Waals surface area contributed by atoms with E-state index in [0.29, 0.717) is 17.7 Å². The molecule has 1 heterocycles. The minimum Gasteiger partial charge on any atom is -0.317 e. The second-order valence-corrected chi connectivity index (χ2v) is 5.86. The highest BCUT2D eigenvalue weighted by atomic mass is 16.1. The van der Waals surface area contributed by atoms with E-state index in [9.17, 15) is 4.79 Å². The normalized spacial score (nSPS) is 19.9.